The molecule has 7 heteroatoms. The van der Waals surface area contributed by atoms with Crippen molar-refractivity contribution in [3.63, 3.8) is 0 Å². The number of ether oxygens (including phenoxy) is 1. The molecule has 9 rings (SSSR count). The summed E-state index contributed by atoms with van der Waals surface area (Å²) in [5, 5.41) is 8.46. The number of para-hydroxylation sites is 2. The van der Waals surface area contributed by atoms with Crippen LogP contribution in [0, 0.1) is 0 Å². The van der Waals surface area contributed by atoms with Gasteiger partial charge in [0.1, 0.15) is 22.8 Å². The smallest absolute Gasteiger partial charge is 0.137 e. The van der Waals surface area contributed by atoms with Crippen LogP contribution in [-0.2, 0) is 0 Å². The summed E-state index contributed by atoms with van der Waals surface area (Å²) in [6.45, 7) is 0. The second-order valence-electron chi connectivity index (χ2n) is 10.7. The molecule has 4 aromatic carbocycles. The molecule has 0 aliphatic heterocycles. The minimum absolute atomic E-state index is 0.726. The molecule has 0 fully saturated rings. The summed E-state index contributed by atoms with van der Waals surface area (Å²) in [5.41, 5.74) is 7.17. The zero-order chi connectivity index (χ0) is 29.0. The number of aromatic nitrogens is 6. The highest BCUT2D eigenvalue weighted by Crippen LogP contribution is 2.36. The van der Waals surface area contributed by atoms with Gasteiger partial charge in [0.15, 0.2) is 0 Å². The van der Waals surface area contributed by atoms with Crippen LogP contribution in [0.25, 0.3) is 60.9 Å². The molecule has 208 valence electrons. The second-order valence-corrected chi connectivity index (χ2v) is 10.7. The number of pyridine rings is 2. The van der Waals surface area contributed by atoms with Crippen LogP contribution < -0.4 is 4.74 Å². The van der Waals surface area contributed by atoms with Crippen LogP contribution in [0.5, 0.6) is 11.5 Å². The fraction of sp³-hybridized carbons (Fsp3) is 0. The highest BCUT2D eigenvalue weighted by molar-refractivity contribution is 6.09. The van der Waals surface area contributed by atoms with E-state index < -0.39 is 0 Å². The maximum Gasteiger partial charge on any atom is 0.137 e. The van der Waals surface area contributed by atoms with Crippen LogP contribution >= 0.6 is 0 Å². The zero-order valence-corrected chi connectivity index (χ0v) is 23.4. The molecule has 5 aromatic heterocycles. The van der Waals surface area contributed by atoms with Crippen LogP contribution in [-0.4, -0.2) is 28.9 Å². The number of fused-ring (bicyclic) bond motifs is 6. The van der Waals surface area contributed by atoms with Crippen molar-refractivity contribution >= 4 is 43.7 Å². The zero-order valence-electron chi connectivity index (χ0n) is 23.4. The minimum Gasteiger partial charge on any atom is -0.457 e. The molecular weight excluding hydrogens is 544 g/mol. The average molecular weight is 569 g/mol. The van der Waals surface area contributed by atoms with E-state index in [-0.39, 0.29) is 0 Å². The first-order valence-electron chi connectivity index (χ1n) is 14.4. The second kappa shape index (κ2) is 9.68. The van der Waals surface area contributed by atoms with Crippen molar-refractivity contribution in [3.8, 4) is 28.7 Å². The lowest BCUT2D eigenvalue weighted by Crippen LogP contribution is -1.97. The highest BCUT2D eigenvalue weighted by Gasteiger charge is 2.17. The molecule has 7 nitrogen and oxygen atoms in total. The van der Waals surface area contributed by atoms with Gasteiger partial charge in [0.2, 0.25) is 0 Å². The third-order valence-electron chi connectivity index (χ3n) is 8.10. The van der Waals surface area contributed by atoms with Gasteiger partial charge in [0.05, 0.1) is 34.0 Å². The summed E-state index contributed by atoms with van der Waals surface area (Å²) in [7, 11) is 0. The van der Waals surface area contributed by atoms with Crippen LogP contribution in [0.3, 0.4) is 0 Å². The molecule has 0 aliphatic rings. The molecule has 0 N–H and O–H groups in total. The van der Waals surface area contributed by atoms with Gasteiger partial charge < -0.3 is 9.30 Å². The van der Waals surface area contributed by atoms with Gasteiger partial charge in [-0.2, -0.15) is 5.10 Å². The standard InChI is InChI=1S/C37H24N6O/c1-3-12-32-29(10-1)30-16-15-28(23-34(30)43(32)36-14-5-6-19-39-36)44-27-9-7-8-26(22-27)41-24-35-37(40-41)31-11-2-4-13-33(31)42(35)25-17-20-38-21-18-25/h1-24H. The first-order chi connectivity index (χ1) is 21.8. The van der Waals surface area contributed by atoms with E-state index in [4.69, 9.17) is 9.84 Å². The molecular formula is C37H24N6O. The van der Waals surface area contributed by atoms with Crippen LogP contribution in [0.2, 0.25) is 0 Å². The van der Waals surface area contributed by atoms with Gasteiger partial charge in [-0.15, -0.1) is 0 Å². The number of hydrogen-bond acceptors (Lipinski definition) is 4. The van der Waals surface area contributed by atoms with Gasteiger partial charge >= 0.3 is 0 Å². The third-order valence-corrected chi connectivity index (χ3v) is 8.10. The number of benzene rings is 4. The Morgan fingerprint density at radius 3 is 2.09 bits per heavy atom. The predicted molar refractivity (Wildman–Crippen MR) is 174 cm³/mol. The summed E-state index contributed by atoms with van der Waals surface area (Å²) in [6, 6.07) is 41.0. The molecule has 0 unspecified atom stereocenters. The van der Waals surface area contributed by atoms with Gasteiger partial charge in [-0.3, -0.25) is 9.55 Å². The first kappa shape index (κ1) is 24.4. The molecule has 0 aliphatic carbocycles. The Morgan fingerprint density at radius 1 is 0.500 bits per heavy atom. The normalized spacial score (nSPS) is 11.6. The Bertz CT molecular complexity index is 2470. The lowest BCUT2D eigenvalue weighted by Gasteiger charge is -2.10. The van der Waals surface area contributed by atoms with Gasteiger partial charge in [-0.1, -0.05) is 48.5 Å². The van der Waals surface area contributed by atoms with Crippen LogP contribution in [0.1, 0.15) is 0 Å². The van der Waals surface area contributed by atoms with Crippen LogP contribution in [0.15, 0.2) is 146 Å². The van der Waals surface area contributed by atoms with E-state index in [0.29, 0.717) is 0 Å². The average Bonchev–Trinajstić information content (AvgIpc) is 3.74. The molecule has 0 atom stereocenters. The van der Waals surface area contributed by atoms with Crippen molar-refractivity contribution in [3.05, 3.63) is 146 Å². The number of nitrogens with zero attached hydrogens (tertiary/aromatic N) is 6. The Morgan fingerprint density at radius 2 is 1.25 bits per heavy atom. The molecule has 0 amide bonds. The maximum atomic E-state index is 6.47. The quantitative estimate of drug-likeness (QED) is 0.208. The molecule has 9 aromatic rings. The molecule has 0 saturated heterocycles. The largest absolute Gasteiger partial charge is 0.457 e. The van der Waals surface area contributed by atoms with Crippen molar-refractivity contribution in [2.75, 3.05) is 0 Å². The summed E-state index contributed by atoms with van der Waals surface area (Å²) in [5.74, 6) is 2.34. The first-order valence-corrected chi connectivity index (χ1v) is 14.4. The minimum atomic E-state index is 0.726. The van der Waals surface area contributed by atoms with Gasteiger partial charge in [0.25, 0.3) is 0 Å². The van der Waals surface area contributed by atoms with E-state index in [1.54, 1.807) is 0 Å². The molecule has 44 heavy (non-hydrogen) atoms. The third kappa shape index (κ3) is 3.80. The highest BCUT2D eigenvalue weighted by atomic mass is 16.5. The van der Waals surface area contributed by atoms with E-state index in [1.165, 1.54) is 5.39 Å². The Labute approximate surface area is 251 Å². The Hall–Kier alpha value is -6.21. The summed E-state index contributed by atoms with van der Waals surface area (Å²) < 4.78 is 12.8. The molecule has 0 bridgehead atoms. The lowest BCUT2D eigenvalue weighted by molar-refractivity contribution is 0.483. The van der Waals surface area contributed by atoms with E-state index in [2.05, 4.69) is 86.0 Å². The fourth-order valence-corrected chi connectivity index (χ4v) is 6.19. The topological polar surface area (TPSA) is 62.7 Å². The fourth-order valence-electron chi connectivity index (χ4n) is 6.19. The van der Waals surface area contributed by atoms with Gasteiger partial charge in [-0.25, -0.2) is 9.67 Å². The lowest BCUT2D eigenvalue weighted by atomic mass is 10.1. The van der Waals surface area contributed by atoms with Crippen molar-refractivity contribution in [2.24, 2.45) is 0 Å². The van der Waals surface area contributed by atoms with Gasteiger partial charge in [-0.05, 0) is 60.7 Å². The summed E-state index contributed by atoms with van der Waals surface area (Å²) in [6.07, 6.45) is 7.52. The van der Waals surface area contributed by atoms with Crippen molar-refractivity contribution in [1.29, 1.82) is 0 Å². The SMILES string of the molecule is c1ccc(-n2c3ccccc3c3ccc(Oc4cccc(-n5cc6c(n5)c5ccccc5n6-c5ccncc5)c4)cc32)nc1. The Balaban J connectivity index is 1.13. The molecule has 0 saturated carbocycles. The molecule has 0 spiro atoms. The van der Waals surface area contributed by atoms with E-state index in [0.717, 1.165) is 67.0 Å². The van der Waals surface area contributed by atoms with Crippen molar-refractivity contribution < 1.29 is 4.74 Å². The van der Waals surface area contributed by atoms with Crippen molar-refractivity contribution in [1.82, 2.24) is 28.9 Å². The van der Waals surface area contributed by atoms with Gasteiger partial charge in [0, 0.05) is 52.6 Å². The number of rotatable bonds is 5. The van der Waals surface area contributed by atoms with Crippen LogP contribution in [0.4, 0.5) is 0 Å². The molecule has 0 radical (unpaired) electrons. The maximum absolute atomic E-state index is 6.47. The summed E-state index contributed by atoms with van der Waals surface area (Å²) in [4.78, 5) is 8.85. The van der Waals surface area contributed by atoms with Crippen molar-refractivity contribution in [2.45, 2.75) is 0 Å². The van der Waals surface area contributed by atoms with E-state index >= 15 is 0 Å². The van der Waals surface area contributed by atoms with E-state index in [9.17, 15) is 0 Å². The molecule has 5 heterocycles. The predicted octanol–water partition coefficient (Wildman–Crippen LogP) is 8.65. The Kier molecular flexibility index (Phi) is 5.36. The number of hydrogen-bond donors (Lipinski definition) is 0. The monoisotopic (exact) mass is 568 g/mol. The van der Waals surface area contributed by atoms with E-state index in [1.807, 2.05) is 83.9 Å². The summed E-state index contributed by atoms with van der Waals surface area (Å²) >= 11 is 0.